The van der Waals surface area contributed by atoms with Crippen LogP contribution in [0.2, 0.25) is 5.15 Å². The molecule has 0 aliphatic rings. The smallest absolute Gasteiger partial charge is 0.132 e. The molecule has 0 saturated carbocycles. The van der Waals surface area contributed by atoms with E-state index in [9.17, 15) is 0 Å². The molecule has 72 valence electrons. The summed E-state index contributed by atoms with van der Waals surface area (Å²) in [6.45, 7) is 8.72. The van der Waals surface area contributed by atoms with Gasteiger partial charge in [0, 0.05) is 11.6 Å². The Bertz CT molecular complexity index is 291. The summed E-state index contributed by atoms with van der Waals surface area (Å²) >= 11 is 5.79. The Morgan fingerprint density at radius 3 is 2.38 bits per heavy atom. The zero-order valence-electron chi connectivity index (χ0n) is 8.50. The van der Waals surface area contributed by atoms with Gasteiger partial charge in [-0.15, -0.1) is 0 Å². The van der Waals surface area contributed by atoms with E-state index in [2.05, 4.69) is 37.7 Å². The summed E-state index contributed by atoms with van der Waals surface area (Å²) in [6.07, 6.45) is 1.51. The van der Waals surface area contributed by atoms with Crippen LogP contribution in [-0.2, 0) is 0 Å². The second-order valence-corrected chi connectivity index (χ2v) is 4.74. The maximum Gasteiger partial charge on any atom is 0.132 e. The lowest BCUT2D eigenvalue weighted by atomic mass is 9.80. The van der Waals surface area contributed by atoms with E-state index in [0.717, 1.165) is 5.69 Å². The molecule has 0 spiro atoms. The van der Waals surface area contributed by atoms with Gasteiger partial charge < -0.3 is 0 Å². The molecule has 0 radical (unpaired) electrons. The van der Waals surface area contributed by atoms with E-state index >= 15 is 0 Å². The minimum Gasteiger partial charge on any atom is -0.241 e. The van der Waals surface area contributed by atoms with E-state index in [4.69, 9.17) is 11.6 Å². The topological polar surface area (TPSA) is 25.8 Å². The molecule has 0 fully saturated rings. The van der Waals surface area contributed by atoms with Crippen molar-refractivity contribution in [1.29, 1.82) is 0 Å². The molecule has 1 rings (SSSR count). The molecule has 0 N–H and O–H groups in total. The first-order valence-electron chi connectivity index (χ1n) is 4.38. The van der Waals surface area contributed by atoms with Crippen LogP contribution >= 0.6 is 11.6 Å². The summed E-state index contributed by atoms with van der Waals surface area (Å²) in [5.74, 6) is 0.382. The van der Waals surface area contributed by atoms with Crippen LogP contribution in [0.1, 0.15) is 39.3 Å². The highest BCUT2D eigenvalue weighted by atomic mass is 35.5. The summed E-state index contributed by atoms with van der Waals surface area (Å²) in [7, 11) is 0. The average Bonchev–Trinajstić information content (AvgIpc) is 2.01. The lowest BCUT2D eigenvalue weighted by Gasteiger charge is -2.26. The molecule has 3 heteroatoms. The third-order valence-corrected chi connectivity index (χ3v) is 2.60. The van der Waals surface area contributed by atoms with Gasteiger partial charge >= 0.3 is 0 Å². The van der Waals surface area contributed by atoms with Crippen molar-refractivity contribution in [2.45, 2.75) is 33.6 Å². The molecule has 0 aromatic carbocycles. The van der Waals surface area contributed by atoms with E-state index in [1.165, 1.54) is 6.33 Å². The molecule has 1 aromatic heterocycles. The predicted octanol–water partition coefficient (Wildman–Crippen LogP) is 3.28. The van der Waals surface area contributed by atoms with Crippen molar-refractivity contribution in [3.8, 4) is 0 Å². The average molecular weight is 199 g/mol. The molecule has 0 bridgehead atoms. The number of nitrogens with zero attached hydrogens (tertiary/aromatic N) is 2. The second-order valence-electron chi connectivity index (χ2n) is 4.35. The monoisotopic (exact) mass is 198 g/mol. The maximum atomic E-state index is 5.79. The fourth-order valence-corrected chi connectivity index (χ4v) is 1.18. The van der Waals surface area contributed by atoms with Gasteiger partial charge in [-0.05, 0) is 11.5 Å². The van der Waals surface area contributed by atoms with Crippen LogP contribution < -0.4 is 0 Å². The van der Waals surface area contributed by atoms with Crippen LogP contribution in [-0.4, -0.2) is 9.97 Å². The summed E-state index contributed by atoms with van der Waals surface area (Å²) < 4.78 is 0. The van der Waals surface area contributed by atoms with E-state index in [-0.39, 0.29) is 5.41 Å². The van der Waals surface area contributed by atoms with Crippen molar-refractivity contribution in [2.75, 3.05) is 0 Å². The molecular weight excluding hydrogens is 184 g/mol. The van der Waals surface area contributed by atoms with Crippen molar-refractivity contribution in [3.63, 3.8) is 0 Å². The molecule has 0 saturated heterocycles. The molecule has 1 unspecified atom stereocenters. The van der Waals surface area contributed by atoms with Crippen molar-refractivity contribution in [1.82, 2.24) is 9.97 Å². The van der Waals surface area contributed by atoms with Gasteiger partial charge in [0.05, 0.1) is 0 Å². The standard InChI is InChI=1S/C10H15ClN2/c1-7(10(2,3)4)8-5-9(11)13-6-12-8/h5-7H,1-4H3. The first kappa shape index (κ1) is 10.5. The molecule has 0 aliphatic carbocycles. The second kappa shape index (κ2) is 3.62. The first-order valence-corrected chi connectivity index (χ1v) is 4.76. The van der Waals surface area contributed by atoms with Gasteiger partial charge in [0.2, 0.25) is 0 Å². The Labute approximate surface area is 84.4 Å². The zero-order valence-corrected chi connectivity index (χ0v) is 9.26. The van der Waals surface area contributed by atoms with Crippen molar-refractivity contribution in [3.05, 3.63) is 23.2 Å². The molecule has 1 heterocycles. The summed E-state index contributed by atoms with van der Waals surface area (Å²) in [5.41, 5.74) is 1.21. The van der Waals surface area contributed by atoms with Crippen LogP contribution in [0.3, 0.4) is 0 Å². The Hall–Kier alpha value is -0.630. The van der Waals surface area contributed by atoms with Crippen LogP contribution in [0, 0.1) is 5.41 Å². The van der Waals surface area contributed by atoms with Crippen LogP contribution in [0.15, 0.2) is 12.4 Å². The Balaban J connectivity index is 2.96. The highest BCUT2D eigenvalue weighted by Gasteiger charge is 2.22. The van der Waals surface area contributed by atoms with E-state index in [1.807, 2.05) is 6.07 Å². The normalized spacial score (nSPS) is 14.2. The molecule has 0 amide bonds. The number of halogens is 1. The highest BCUT2D eigenvalue weighted by Crippen LogP contribution is 2.33. The van der Waals surface area contributed by atoms with Gasteiger partial charge in [0.1, 0.15) is 11.5 Å². The minimum atomic E-state index is 0.206. The number of hydrogen-bond acceptors (Lipinski definition) is 2. The molecule has 2 nitrogen and oxygen atoms in total. The Morgan fingerprint density at radius 1 is 1.31 bits per heavy atom. The van der Waals surface area contributed by atoms with Crippen LogP contribution in [0.4, 0.5) is 0 Å². The fraction of sp³-hybridized carbons (Fsp3) is 0.600. The molecule has 0 aliphatic heterocycles. The number of hydrogen-bond donors (Lipinski definition) is 0. The van der Waals surface area contributed by atoms with E-state index < -0.39 is 0 Å². The van der Waals surface area contributed by atoms with E-state index in [0.29, 0.717) is 11.1 Å². The first-order chi connectivity index (χ1) is 5.91. The SMILES string of the molecule is CC(c1cc(Cl)ncn1)C(C)(C)C. The van der Waals surface area contributed by atoms with E-state index in [1.54, 1.807) is 0 Å². The third kappa shape index (κ3) is 2.66. The fourth-order valence-electron chi connectivity index (χ4n) is 1.03. The van der Waals surface area contributed by atoms with Gasteiger partial charge in [-0.25, -0.2) is 9.97 Å². The molecule has 1 aromatic rings. The lowest BCUT2D eigenvalue weighted by molar-refractivity contribution is 0.334. The van der Waals surface area contributed by atoms with Crippen LogP contribution in [0.25, 0.3) is 0 Å². The lowest BCUT2D eigenvalue weighted by Crippen LogP contribution is -2.16. The van der Waals surface area contributed by atoms with Crippen LogP contribution in [0.5, 0.6) is 0 Å². The summed E-state index contributed by atoms with van der Waals surface area (Å²) in [5, 5.41) is 0.515. The van der Waals surface area contributed by atoms with Crippen molar-refractivity contribution in [2.24, 2.45) is 5.41 Å². The number of aromatic nitrogens is 2. The van der Waals surface area contributed by atoms with Crippen molar-refractivity contribution < 1.29 is 0 Å². The predicted molar refractivity (Wildman–Crippen MR) is 54.9 cm³/mol. The Morgan fingerprint density at radius 2 is 1.92 bits per heavy atom. The van der Waals surface area contributed by atoms with Crippen molar-refractivity contribution >= 4 is 11.6 Å². The third-order valence-electron chi connectivity index (χ3n) is 2.40. The zero-order chi connectivity index (χ0) is 10.1. The van der Waals surface area contributed by atoms with Gasteiger partial charge in [-0.1, -0.05) is 39.3 Å². The van der Waals surface area contributed by atoms with Gasteiger partial charge in [-0.2, -0.15) is 0 Å². The van der Waals surface area contributed by atoms with Gasteiger partial charge in [-0.3, -0.25) is 0 Å². The summed E-state index contributed by atoms with van der Waals surface area (Å²) in [4.78, 5) is 8.07. The van der Waals surface area contributed by atoms with Gasteiger partial charge in [0.15, 0.2) is 0 Å². The highest BCUT2D eigenvalue weighted by molar-refractivity contribution is 6.29. The largest absolute Gasteiger partial charge is 0.241 e. The number of rotatable bonds is 1. The summed E-state index contributed by atoms with van der Waals surface area (Å²) in [6, 6.07) is 1.83. The molecule has 1 atom stereocenters. The molecule has 13 heavy (non-hydrogen) atoms. The maximum absolute atomic E-state index is 5.79. The van der Waals surface area contributed by atoms with Gasteiger partial charge in [0.25, 0.3) is 0 Å². The molecular formula is C10H15ClN2. The Kier molecular flexibility index (Phi) is 2.91. The minimum absolute atomic E-state index is 0.206. The quantitative estimate of drug-likeness (QED) is 0.648.